The fourth-order valence-corrected chi connectivity index (χ4v) is 3.04. The zero-order valence-corrected chi connectivity index (χ0v) is 11.7. The first-order valence-corrected chi connectivity index (χ1v) is 6.78. The molecule has 1 aliphatic rings. The highest BCUT2D eigenvalue weighted by Gasteiger charge is 2.38. The van der Waals surface area contributed by atoms with Crippen molar-refractivity contribution in [1.82, 2.24) is 4.90 Å². The summed E-state index contributed by atoms with van der Waals surface area (Å²) in [5, 5.41) is 8.97. The molecule has 1 fully saturated rings. The lowest BCUT2D eigenvalue weighted by molar-refractivity contribution is -0.144. The van der Waals surface area contributed by atoms with Gasteiger partial charge in [-0.05, 0) is 18.6 Å². The predicted molar refractivity (Wildman–Crippen MR) is 78.6 cm³/mol. The number of nitrogens with zero attached hydrogens (tertiary/aromatic N) is 1. The van der Waals surface area contributed by atoms with Crippen LogP contribution in [0.1, 0.15) is 12.5 Å². The minimum absolute atomic E-state index is 0.280. The smallest absolute Gasteiger partial charge is 0.326 e. The summed E-state index contributed by atoms with van der Waals surface area (Å²) in [5.41, 5.74) is 0.881. The highest BCUT2D eigenvalue weighted by atomic mass is 32.2. The number of aliphatic carboxylic acids is 1. The molecule has 0 bridgehead atoms. The Hall–Kier alpha value is -1.66. The van der Waals surface area contributed by atoms with Crippen molar-refractivity contribution >= 4 is 46.3 Å². The average Bonchev–Trinajstić information content (AvgIpc) is 2.65. The van der Waals surface area contributed by atoms with Crippen molar-refractivity contribution < 1.29 is 14.7 Å². The van der Waals surface area contributed by atoms with Gasteiger partial charge in [0.05, 0.1) is 4.91 Å². The standard InChI is InChI=1S/C13H11NO3S2/c1-8(12(16)17)14-11(15)10(19-13(14)18)7-9-5-3-2-4-6-9/h2-8H,1H3,(H,16,17)/b10-7-/t8-/m0/s1. The van der Waals surface area contributed by atoms with Gasteiger partial charge in [-0.25, -0.2) is 4.79 Å². The molecule has 19 heavy (non-hydrogen) atoms. The van der Waals surface area contributed by atoms with Crippen molar-refractivity contribution in [3.63, 3.8) is 0 Å². The van der Waals surface area contributed by atoms with Gasteiger partial charge in [-0.2, -0.15) is 0 Å². The Balaban J connectivity index is 2.28. The van der Waals surface area contributed by atoms with Gasteiger partial charge in [0.15, 0.2) is 0 Å². The van der Waals surface area contributed by atoms with Crippen LogP contribution in [0.25, 0.3) is 6.08 Å². The van der Waals surface area contributed by atoms with E-state index in [1.165, 1.54) is 6.92 Å². The second-order valence-electron chi connectivity index (χ2n) is 3.98. The van der Waals surface area contributed by atoms with E-state index in [4.69, 9.17) is 17.3 Å². The second kappa shape index (κ2) is 5.54. The highest BCUT2D eigenvalue weighted by molar-refractivity contribution is 8.26. The number of thiocarbonyl (C=S) groups is 1. The van der Waals surface area contributed by atoms with E-state index in [0.29, 0.717) is 4.91 Å². The summed E-state index contributed by atoms with van der Waals surface area (Å²) >= 11 is 6.20. The van der Waals surface area contributed by atoms with Crippen molar-refractivity contribution in [2.45, 2.75) is 13.0 Å². The number of carboxylic acids is 1. The van der Waals surface area contributed by atoms with Gasteiger partial charge >= 0.3 is 5.97 Å². The number of benzene rings is 1. The van der Waals surface area contributed by atoms with Crippen LogP contribution in [0.3, 0.4) is 0 Å². The molecule has 1 N–H and O–H groups in total. The van der Waals surface area contributed by atoms with E-state index in [9.17, 15) is 9.59 Å². The number of hydrogen-bond donors (Lipinski definition) is 1. The Kier molecular flexibility index (Phi) is 4.01. The van der Waals surface area contributed by atoms with E-state index in [1.54, 1.807) is 6.08 Å². The molecular formula is C13H11NO3S2. The lowest BCUT2D eigenvalue weighted by Gasteiger charge is -2.18. The molecular weight excluding hydrogens is 282 g/mol. The molecule has 4 nitrogen and oxygen atoms in total. The molecule has 1 aromatic rings. The Morgan fingerprint density at radius 3 is 2.63 bits per heavy atom. The van der Waals surface area contributed by atoms with Crippen molar-refractivity contribution in [1.29, 1.82) is 0 Å². The van der Waals surface area contributed by atoms with E-state index < -0.39 is 12.0 Å². The van der Waals surface area contributed by atoms with E-state index >= 15 is 0 Å². The second-order valence-corrected chi connectivity index (χ2v) is 5.65. The Bertz CT molecular complexity index is 569. The number of carbonyl (C=O) groups excluding carboxylic acids is 1. The van der Waals surface area contributed by atoms with Crippen molar-refractivity contribution in [3.8, 4) is 0 Å². The van der Waals surface area contributed by atoms with Crippen LogP contribution in [-0.4, -0.2) is 32.2 Å². The zero-order valence-electron chi connectivity index (χ0n) is 10.1. The van der Waals surface area contributed by atoms with Gasteiger partial charge in [0.2, 0.25) is 0 Å². The SMILES string of the molecule is C[C@@H](C(=O)O)N1C(=O)/C(=C/c2ccccc2)SC1=S. The summed E-state index contributed by atoms with van der Waals surface area (Å²) in [4.78, 5) is 24.7. The third kappa shape index (κ3) is 2.85. The summed E-state index contributed by atoms with van der Waals surface area (Å²) in [7, 11) is 0. The first kappa shape index (κ1) is 13.8. The van der Waals surface area contributed by atoms with Crippen LogP contribution >= 0.6 is 24.0 Å². The molecule has 1 saturated heterocycles. The number of amides is 1. The van der Waals surface area contributed by atoms with Crippen LogP contribution < -0.4 is 0 Å². The van der Waals surface area contributed by atoms with Gasteiger partial charge in [-0.15, -0.1) is 0 Å². The largest absolute Gasteiger partial charge is 0.480 e. The average molecular weight is 293 g/mol. The monoisotopic (exact) mass is 293 g/mol. The fourth-order valence-electron chi connectivity index (χ4n) is 1.62. The lowest BCUT2D eigenvalue weighted by Crippen LogP contribution is -2.41. The minimum Gasteiger partial charge on any atom is -0.480 e. The molecule has 0 radical (unpaired) electrons. The van der Waals surface area contributed by atoms with Gasteiger partial charge in [-0.1, -0.05) is 54.3 Å². The van der Waals surface area contributed by atoms with Crippen LogP contribution in [0, 0.1) is 0 Å². The summed E-state index contributed by atoms with van der Waals surface area (Å²) in [6.07, 6.45) is 1.72. The molecule has 1 amide bonds. The quantitative estimate of drug-likeness (QED) is 0.685. The van der Waals surface area contributed by atoms with Crippen molar-refractivity contribution in [3.05, 3.63) is 40.8 Å². The maximum atomic E-state index is 12.2. The topological polar surface area (TPSA) is 57.6 Å². The normalized spacial score (nSPS) is 19.0. The number of thioether (sulfide) groups is 1. The molecule has 0 aromatic heterocycles. The van der Waals surface area contributed by atoms with E-state index in [1.807, 2.05) is 30.3 Å². The van der Waals surface area contributed by atoms with Crippen LogP contribution in [0.4, 0.5) is 0 Å². The molecule has 2 rings (SSSR count). The molecule has 1 aromatic carbocycles. The Morgan fingerprint density at radius 2 is 2.05 bits per heavy atom. The number of carboxylic acid groups (broad SMARTS) is 1. The molecule has 0 spiro atoms. The number of rotatable bonds is 3. The number of carbonyl (C=O) groups is 2. The Morgan fingerprint density at radius 1 is 1.42 bits per heavy atom. The van der Waals surface area contributed by atoms with Gasteiger partial charge in [0.1, 0.15) is 10.4 Å². The molecule has 0 aliphatic carbocycles. The van der Waals surface area contributed by atoms with Crippen LogP contribution in [0.15, 0.2) is 35.2 Å². The van der Waals surface area contributed by atoms with Crippen LogP contribution in [0.2, 0.25) is 0 Å². The maximum Gasteiger partial charge on any atom is 0.326 e. The van der Waals surface area contributed by atoms with Gasteiger partial charge in [0.25, 0.3) is 5.91 Å². The predicted octanol–water partition coefficient (Wildman–Crippen LogP) is 2.36. The molecule has 1 aliphatic heterocycles. The summed E-state index contributed by atoms with van der Waals surface area (Å²) < 4.78 is 0.280. The summed E-state index contributed by atoms with van der Waals surface area (Å²) in [6.45, 7) is 1.44. The zero-order chi connectivity index (χ0) is 14.0. The van der Waals surface area contributed by atoms with Gasteiger partial charge in [-0.3, -0.25) is 9.69 Å². The summed E-state index contributed by atoms with van der Waals surface area (Å²) in [5.74, 6) is -1.42. The van der Waals surface area contributed by atoms with Crippen LogP contribution in [0.5, 0.6) is 0 Å². The fraction of sp³-hybridized carbons (Fsp3) is 0.154. The molecule has 1 heterocycles. The van der Waals surface area contributed by atoms with E-state index in [0.717, 1.165) is 22.2 Å². The lowest BCUT2D eigenvalue weighted by atomic mass is 10.2. The molecule has 98 valence electrons. The van der Waals surface area contributed by atoms with E-state index in [-0.39, 0.29) is 10.2 Å². The Labute approximate surface area is 120 Å². The molecule has 6 heteroatoms. The van der Waals surface area contributed by atoms with Crippen molar-refractivity contribution in [2.75, 3.05) is 0 Å². The van der Waals surface area contributed by atoms with Crippen molar-refractivity contribution in [2.24, 2.45) is 0 Å². The highest BCUT2D eigenvalue weighted by Crippen LogP contribution is 2.33. The van der Waals surface area contributed by atoms with Gasteiger partial charge in [0, 0.05) is 0 Å². The third-order valence-electron chi connectivity index (χ3n) is 2.67. The molecule has 0 saturated carbocycles. The van der Waals surface area contributed by atoms with Gasteiger partial charge < -0.3 is 5.11 Å². The molecule has 1 atom stereocenters. The number of hydrogen-bond acceptors (Lipinski definition) is 4. The minimum atomic E-state index is -1.07. The first-order chi connectivity index (χ1) is 9.00. The summed E-state index contributed by atoms with van der Waals surface area (Å²) in [6, 6.07) is 8.41. The first-order valence-electron chi connectivity index (χ1n) is 5.55. The third-order valence-corrected chi connectivity index (χ3v) is 4.00. The van der Waals surface area contributed by atoms with E-state index in [2.05, 4.69) is 0 Å². The molecule has 0 unspecified atom stereocenters. The van der Waals surface area contributed by atoms with Crippen LogP contribution in [-0.2, 0) is 9.59 Å². The maximum absolute atomic E-state index is 12.2.